The number of nitrogens with zero attached hydrogens (tertiary/aromatic N) is 1. The van der Waals surface area contributed by atoms with Crippen molar-refractivity contribution in [2.45, 2.75) is 12.5 Å². The molecule has 1 heterocycles. The molecule has 1 unspecified atom stereocenters. The zero-order valence-corrected chi connectivity index (χ0v) is 15.1. The van der Waals surface area contributed by atoms with Crippen LogP contribution in [0, 0.1) is 0 Å². The Balaban J connectivity index is 1.80. The molecule has 3 aromatic carbocycles. The van der Waals surface area contributed by atoms with Gasteiger partial charge in [0.25, 0.3) is 0 Å². The predicted octanol–water partition coefficient (Wildman–Crippen LogP) is 4.45. The molecule has 3 aromatic rings. The molecule has 0 spiro atoms. The van der Waals surface area contributed by atoms with Crippen molar-refractivity contribution in [1.29, 1.82) is 0 Å². The molecule has 0 aliphatic carbocycles. The molecule has 0 saturated heterocycles. The number of phenols is 1. The zero-order chi connectivity index (χ0) is 18.8. The normalized spacial score (nSPS) is 16.1. The minimum Gasteiger partial charge on any atom is -0.508 e. The molecule has 1 amide bonds. The Morgan fingerprint density at radius 3 is 2.48 bits per heavy atom. The molecule has 27 heavy (non-hydrogen) atoms. The lowest BCUT2D eigenvalue weighted by Crippen LogP contribution is -2.27. The van der Waals surface area contributed by atoms with Gasteiger partial charge < -0.3 is 10.4 Å². The molecule has 4 rings (SSSR count). The van der Waals surface area contributed by atoms with Gasteiger partial charge in [-0.3, -0.25) is 9.79 Å². The Kier molecular flexibility index (Phi) is 4.65. The molecule has 0 bridgehead atoms. The van der Waals surface area contributed by atoms with Crippen LogP contribution in [0.2, 0.25) is 5.02 Å². The third-order valence-electron chi connectivity index (χ3n) is 4.49. The van der Waals surface area contributed by atoms with E-state index in [2.05, 4.69) is 5.32 Å². The van der Waals surface area contributed by atoms with Gasteiger partial charge in [-0.25, -0.2) is 0 Å². The molecule has 2 N–H and O–H groups in total. The van der Waals surface area contributed by atoms with E-state index in [1.807, 2.05) is 36.4 Å². The number of aromatic hydroxyl groups is 1. The third-order valence-corrected chi connectivity index (χ3v) is 4.73. The molecule has 1 atom stereocenters. The van der Waals surface area contributed by atoms with Crippen LogP contribution in [-0.4, -0.2) is 22.8 Å². The van der Waals surface area contributed by atoms with Crippen LogP contribution < -0.4 is 5.32 Å². The molecular weight excluding hydrogens is 360 g/mol. The summed E-state index contributed by atoms with van der Waals surface area (Å²) in [5.74, 6) is 0.0252. The highest BCUT2D eigenvalue weighted by Crippen LogP contribution is 2.28. The summed E-state index contributed by atoms with van der Waals surface area (Å²) in [5.41, 5.74) is 4.08. The van der Waals surface area contributed by atoms with Crippen molar-refractivity contribution in [3.8, 4) is 5.75 Å². The van der Waals surface area contributed by atoms with Gasteiger partial charge in [-0.15, -0.1) is 0 Å². The Morgan fingerprint density at radius 2 is 1.74 bits per heavy atom. The first-order valence-electron chi connectivity index (χ1n) is 8.62. The number of amides is 1. The molecule has 5 heteroatoms. The van der Waals surface area contributed by atoms with Crippen molar-refractivity contribution in [3.63, 3.8) is 0 Å². The van der Waals surface area contributed by atoms with Gasteiger partial charge in [0.2, 0.25) is 5.91 Å². The molecule has 0 saturated carbocycles. The lowest BCUT2D eigenvalue weighted by molar-refractivity contribution is -0.117. The van der Waals surface area contributed by atoms with Crippen LogP contribution >= 0.6 is 11.6 Å². The van der Waals surface area contributed by atoms with Crippen LogP contribution in [0.3, 0.4) is 0 Å². The van der Waals surface area contributed by atoms with E-state index < -0.39 is 6.04 Å². The van der Waals surface area contributed by atoms with Gasteiger partial charge in [0, 0.05) is 22.6 Å². The van der Waals surface area contributed by atoms with Crippen molar-refractivity contribution in [2.75, 3.05) is 5.32 Å². The Bertz CT molecular complexity index is 1010. The van der Waals surface area contributed by atoms with Gasteiger partial charge in [0.15, 0.2) is 0 Å². The highest BCUT2D eigenvalue weighted by molar-refractivity contribution is 6.32. The van der Waals surface area contributed by atoms with E-state index in [4.69, 9.17) is 16.6 Å². The van der Waals surface area contributed by atoms with Crippen LogP contribution in [0.25, 0.3) is 0 Å². The second kappa shape index (κ2) is 7.25. The zero-order valence-electron chi connectivity index (χ0n) is 14.4. The highest BCUT2D eigenvalue weighted by atomic mass is 35.5. The van der Waals surface area contributed by atoms with Crippen LogP contribution in [0.4, 0.5) is 5.69 Å². The standard InChI is InChI=1S/C22H17ClN2O2/c23-16-8-11-19-18(13-16)21(15-4-2-1-3-5-15)24-20(22(27)25-19)12-14-6-9-17(26)10-7-14/h1-11,13,20,26H,12H2,(H,25,27). The van der Waals surface area contributed by atoms with E-state index >= 15 is 0 Å². The SMILES string of the molecule is O=C1Nc2ccc(Cl)cc2C(c2ccccc2)=NC1Cc1ccc(O)cc1. The van der Waals surface area contributed by atoms with Crippen molar-refractivity contribution in [1.82, 2.24) is 0 Å². The van der Waals surface area contributed by atoms with E-state index in [1.54, 1.807) is 36.4 Å². The lowest BCUT2D eigenvalue weighted by Gasteiger charge is -2.11. The lowest BCUT2D eigenvalue weighted by atomic mass is 10.0. The summed E-state index contributed by atoms with van der Waals surface area (Å²) in [6.07, 6.45) is 0.435. The first kappa shape index (κ1) is 17.3. The average Bonchev–Trinajstić information content (AvgIpc) is 2.81. The number of halogens is 1. The fourth-order valence-electron chi connectivity index (χ4n) is 3.14. The number of carbonyl (C=O) groups excluding carboxylic acids is 1. The maximum Gasteiger partial charge on any atom is 0.249 e. The third kappa shape index (κ3) is 3.71. The minimum atomic E-state index is -0.587. The van der Waals surface area contributed by atoms with Gasteiger partial charge >= 0.3 is 0 Å². The summed E-state index contributed by atoms with van der Waals surface area (Å²) < 4.78 is 0. The van der Waals surface area contributed by atoms with E-state index in [1.165, 1.54) is 0 Å². The average molecular weight is 377 g/mol. The number of carbonyl (C=O) groups is 1. The van der Waals surface area contributed by atoms with Crippen LogP contribution in [0.15, 0.2) is 77.8 Å². The number of fused-ring (bicyclic) bond motifs is 1. The van der Waals surface area contributed by atoms with Gasteiger partial charge in [0.1, 0.15) is 11.8 Å². The van der Waals surface area contributed by atoms with Gasteiger partial charge in [-0.2, -0.15) is 0 Å². The topological polar surface area (TPSA) is 61.7 Å². The summed E-state index contributed by atoms with van der Waals surface area (Å²) in [5, 5.41) is 13.0. The molecule has 0 aromatic heterocycles. The number of rotatable bonds is 3. The van der Waals surface area contributed by atoms with Crippen LogP contribution in [0.1, 0.15) is 16.7 Å². The number of aliphatic imine (C=N–C) groups is 1. The molecule has 1 aliphatic heterocycles. The number of hydrogen-bond acceptors (Lipinski definition) is 3. The number of benzodiazepines with no additional fused rings is 1. The molecule has 0 fully saturated rings. The van der Waals surface area contributed by atoms with E-state index in [9.17, 15) is 9.90 Å². The van der Waals surface area contributed by atoms with Crippen molar-refractivity contribution in [3.05, 3.63) is 94.5 Å². The number of benzene rings is 3. The van der Waals surface area contributed by atoms with Crippen molar-refractivity contribution in [2.24, 2.45) is 4.99 Å². The summed E-state index contributed by atoms with van der Waals surface area (Å²) in [7, 11) is 0. The quantitative estimate of drug-likeness (QED) is 0.709. The van der Waals surface area contributed by atoms with Gasteiger partial charge in [0.05, 0.1) is 11.4 Å². The second-order valence-electron chi connectivity index (χ2n) is 6.41. The molecule has 134 valence electrons. The van der Waals surface area contributed by atoms with E-state index in [0.29, 0.717) is 17.1 Å². The summed E-state index contributed by atoms with van der Waals surface area (Å²) in [6, 6.07) is 21.4. The maximum absolute atomic E-state index is 12.8. The number of phenolic OH excluding ortho intramolecular Hbond substituents is 1. The van der Waals surface area contributed by atoms with Crippen molar-refractivity contribution < 1.29 is 9.90 Å². The predicted molar refractivity (Wildman–Crippen MR) is 108 cm³/mol. The maximum atomic E-state index is 12.8. The van der Waals surface area contributed by atoms with Gasteiger partial charge in [-0.1, -0.05) is 54.1 Å². The fourth-order valence-corrected chi connectivity index (χ4v) is 3.31. The highest BCUT2D eigenvalue weighted by Gasteiger charge is 2.26. The number of anilines is 1. The first-order valence-corrected chi connectivity index (χ1v) is 9.00. The Labute approximate surface area is 162 Å². The first-order chi connectivity index (χ1) is 13.1. The molecule has 4 nitrogen and oxygen atoms in total. The second-order valence-corrected chi connectivity index (χ2v) is 6.85. The smallest absolute Gasteiger partial charge is 0.249 e. The van der Waals surface area contributed by atoms with Gasteiger partial charge in [-0.05, 0) is 35.9 Å². The van der Waals surface area contributed by atoms with Crippen LogP contribution in [-0.2, 0) is 11.2 Å². The molecule has 1 aliphatic rings. The van der Waals surface area contributed by atoms with E-state index in [0.717, 1.165) is 22.4 Å². The minimum absolute atomic E-state index is 0.169. The monoisotopic (exact) mass is 376 g/mol. The Morgan fingerprint density at radius 1 is 1.00 bits per heavy atom. The van der Waals surface area contributed by atoms with Crippen LogP contribution in [0.5, 0.6) is 5.75 Å². The van der Waals surface area contributed by atoms with Crippen molar-refractivity contribution >= 4 is 28.9 Å². The number of nitrogens with one attached hydrogen (secondary N) is 1. The fraction of sp³-hybridized carbons (Fsp3) is 0.0909. The summed E-state index contributed by atoms with van der Waals surface area (Å²) >= 11 is 6.21. The Hall–Kier alpha value is -3.11. The largest absolute Gasteiger partial charge is 0.508 e. The summed E-state index contributed by atoms with van der Waals surface area (Å²) in [6.45, 7) is 0. The molecular formula is C22H17ClN2O2. The molecule has 0 radical (unpaired) electrons. The summed E-state index contributed by atoms with van der Waals surface area (Å²) in [4.78, 5) is 17.6. The van der Waals surface area contributed by atoms with E-state index in [-0.39, 0.29) is 11.7 Å². The number of hydrogen-bond donors (Lipinski definition) is 2.